The molecule has 114 valence electrons. The van der Waals surface area contributed by atoms with Gasteiger partial charge in [0.2, 0.25) is 0 Å². The lowest BCUT2D eigenvalue weighted by Crippen LogP contribution is -2.26. The number of amides is 1. The van der Waals surface area contributed by atoms with Gasteiger partial charge in [-0.2, -0.15) is 0 Å². The van der Waals surface area contributed by atoms with Gasteiger partial charge in [-0.3, -0.25) is 4.79 Å². The minimum atomic E-state index is -0.192. The Morgan fingerprint density at radius 3 is 2.55 bits per heavy atom. The summed E-state index contributed by atoms with van der Waals surface area (Å²) in [7, 11) is 0. The zero-order chi connectivity index (χ0) is 16.1. The normalized spacial score (nSPS) is 10.4. The predicted molar refractivity (Wildman–Crippen MR) is 89.0 cm³/mol. The largest absolute Gasteiger partial charge is 0.331 e. The highest BCUT2D eigenvalue weighted by Gasteiger charge is 2.16. The molecule has 1 aromatic carbocycles. The van der Waals surface area contributed by atoms with Gasteiger partial charge in [-0.15, -0.1) is 0 Å². The van der Waals surface area contributed by atoms with E-state index >= 15 is 0 Å². The van der Waals surface area contributed by atoms with E-state index in [1.165, 1.54) is 6.33 Å². The SMILES string of the molecule is C=CN(c1ncnc(NC(=O)c2ccccc2)c1C)C(C)C. The molecule has 2 aromatic rings. The van der Waals surface area contributed by atoms with Crippen LogP contribution in [-0.2, 0) is 0 Å². The third-order valence-electron chi connectivity index (χ3n) is 3.32. The van der Waals surface area contributed by atoms with Crippen molar-refractivity contribution in [3.05, 3.63) is 60.6 Å². The van der Waals surface area contributed by atoms with E-state index in [-0.39, 0.29) is 11.9 Å². The molecule has 0 saturated heterocycles. The van der Waals surface area contributed by atoms with Gasteiger partial charge in [0, 0.05) is 17.2 Å². The summed E-state index contributed by atoms with van der Waals surface area (Å²) in [5.41, 5.74) is 1.40. The van der Waals surface area contributed by atoms with E-state index in [1.54, 1.807) is 18.3 Å². The summed E-state index contributed by atoms with van der Waals surface area (Å²) in [6, 6.07) is 9.25. The standard InChI is InChI=1S/C17H20N4O/c1-5-21(12(2)3)16-13(4)15(18-11-19-16)20-17(22)14-9-7-6-8-10-14/h5-12H,1H2,2-4H3,(H,18,19,20,22). The Morgan fingerprint density at radius 2 is 1.95 bits per heavy atom. The maximum atomic E-state index is 12.2. The second-order valence-corrected chi connectivity index (χ2v) is 5.17. The Labute approximate surface area is 130 Å². The molecule has 0 aliphatic heterocycles. The molecule has 0 unspecified atom stereocenters. The Bertz CT molecular complexity index is 668. The minimum absolute atomic E-state index is 0.192. The quantitative estimate of drug-likeness (QED) is 0.918. The van der Waals surface area contributed by atoms with Crippen LogP contribution in [0.1, 0.15) is 29.8 Å². The summed E-state index contributed by atoms with van der Waals surface area (Å²) in [6.07, 6.45) is 3.17. The van der Waals surface area contributed by atoms with Crippen LogP contribution in [0, 0.1) is 6.92 Å². The molecule has 0 aliphatic rings. The van der Waals surface area contributed by atoms with Gasteiger partial charge in [-0.1, -0.05) is 24.8 Å². The van der Waals surface area contributed by atoms with Crippen molar-refractivity contribution in [3.63, 3.8) is 0 Å². The van der Waals surface area contributed by atoms with Crippen molar-refractivity contribution in [2.75, 3.05) is 10.2 Å². The van der Waals surface area contributed by atoms with Gasteiger partial charge < -0.3 is 10.2 Å². The first-order chi connectivity index (χ1) is 10.5. The maximum absolute atomic E-state index is 12.2. The third kappa shape index (κ3) is 3.31. The van der Waals surface area contributed by atoms with Crippen LogP contribution >= 0.6 is 0 Å². The Balaban J connectivity index is 2.30. The fourth-order valence-electron chi connectivity index (χ4n) is 2.14. The highest BCUT2D eigenvalue weighted by Crippen LogP contribution is 2.24. The first kappa shape index (κ1) is 15.7. The van der Waals surface area contributed by atoms with Gasteiger partial charge in [-0.25, -0.2) is 9.97 Å². The number of carbonyl (C=O) groups excluding carboxylic acids is 1. The molecule has 0 aliphatic carbocycles. The lowest BCUT2D eigenvalue weighted by atomic mass is 10.2. The van der Waals surface area contributed by atoms with Crippen molar-refractivity contribution in [1.82, 2.24) is 9.97 Å². The number of rotatable bonds is 5. The fourth-order valence-corrected chi connectivity index (χ4v) is 2.14. The first-order valence-corrected chi connectivity index (χ1v) is 7.13. The van der Waals surface area contributed by atoms with Crippen LogP contribution in [-0.4, -0.2) is 21.9 Å². The average Bonchev–Trinajstić information content (AvgIpc) is 2.52. The summed E-state index contributed by atoms with van der Waals surface area (Å²) in [5.74, 6) is 1.05. The van der Waals surface area contributed by atoms with Crippen molar-refractivity contribution < 1.29 is 4.79 Å². The van der Waals surface area contributed by atoms with Crippen molar-refractivity contribution in [1.29, 1.82) is 0 Å². The summed E-state index contributed by atoms with van der Waals surface area (Å²) in [5, 5.41) is 2.83. The van der Waals surface area contributed by atoms with Gasteiger partial charge in [0.1, 0.15) is 18.0 Å². The molecule has 5 heteroatoms. The molecule has 2 rings (SSSR count). The number of anilines is 2. The van der Waals surface area contributed by atoms with E-state index < -0.39 is 0 Å². The molecule has 0 radical (unpaired) electrons. The lowest BCUT2D eigenvalue weighted by Gasteiger charge is -2.25. The molecule has 0 fully saturated rings. The van der Waals surface area contributed by atoms with Crippen LogP contribution in [0.25, 0.3) is 0 Å². The Kier molecular flexibility index (Phi) is 4.88. The number of hydrogen-bond acceptors (Lipinski definition) is 4. The molecule has 22 heavy (non-hydrogen) atoms. The van der Waals surface area contributed by atoms with Crippen molar-refractivity contribution in [3.8, 4) is 0 Å². The van der Waals surface area contributed by atoms with E-state index in [1.807, 2.05) is 43.9 Å². The molecule has 1 heterocycles. The number of nitrogens with one attached hydrogen (secondary N) is 1. The smallest absolute Gasteiger partial charge is 0.256 e. The highest BCUT2D eigenvalue weighted by molar-refractivity contribution is 6.04. The second-order valence-electron chi connectivity index (χ2n) is 5.17. The number of carbonyl (C=O) groups is 1. The zero-order valence-corrected chi connectivity index (χ0v) is 13.1. The van der Waals surface area contributed by atoms with Crippen molar-refractivity contribution in [2.24, 2.45) is 0 Å². The minimum Gasteiger partial charge on any atom is -0.331 e. The third-order valence-corrected chi connectivity index (χ3v) is 3.32. The monoisotopic (exact) mass is 296 g/mol. The molecule has 1 aromatic heterocycles. The predicted octanol–water partition coefficient (Wildman–Crippen LogP) is 3.40. The van der Waals surface area contributed by atoms with Gasteiger partial charge >= 0.3 is 0 Å². The zero-order valence-electron chi connectivity index (χ0n) is 13.1. The van der Waals surface area contributed by atoms with Crippen LogP contribution in [0.15, 0.2) is 49.4 Å². The summed E-state index contributed by atoms with van der Waals surface area (Å²) in [6.45, 7) is 9.79. The van der Waals surface area contributed by atoms with E-state index in [2.05, 4.69) is 21.9 Å². The van der Waals surface area contributed by atoms with Gasteiger partial charge in [-0.05, 0) is 39.1 Å². The summed E-state index contributed by atoms with van der Waals surface area (Å²) in [4.78, 5) is 22.7. The molecule has 0 saturated carbocycles. The van der Waals surface area contributed by atoms with E-state index in [0.29, 0.717) is 11.4 Å². The summed E-state index contributed by atoms with van der Waals surface area (Å²) < 4.78 is 0. The van der Waals surface area contributed by atoms with E-state index in [4.69, 9.17) is 0 Å². The van der Waals surface area contributed by atoms with Crippen LogP contribution in [0.2, 0.25) is 0 Å². The topological polar surface area (TPSA) is 58.1 Å². The van der Waals surface area contributed by atoms with Gasteiger partial charge in [0.05, 0.1) is 0 Å². The first-order valence-electron chi connectivity index (χ1n) is 7.13. The lowest BCUT2D eigenvalue weighted by molar-refractivity contribution is 0.102. The molecule has 0 bridgehead atoms. The van der Waals surface area contributed by atoms with Crippen LogP contribution in [0.3, 0.4) is 0 Å². The highest BCUT2D eigenvalue weighted by atomic mass is 16.1. The average molecular weight is 296 g/mol. The number of hydrogen-bond donors (Lipinski definition) is 1. The second kappa shape index (κ2) is 6.85. The molecule has 0 spiro atoms. The van der Waals surface area contributed by atoms with E-state index in [0.717, 1.165) is 11.4 Å². The number of aromatic nitrogens is 2. The molecular weight excluding hydrogens is 276 g/mol. The van der Waals surface area contributed by atoms with Gasteiger partial charge in [0.15, 0.2) is 0 Å². The number of benzene rings is 1. The molecular formula is C17H20N4O. The summed E-state index contributed by atoms with van der Waals surface area (Å²) >= 11 is 0. The van der Waals surface area contributed by atoms with Crippen molar-refractivity contribution >= 4 is 17.5 Å². The molecule has 1 N–H and O–H groups in total. The van der Waals surface area contributed by atoms with E-state index in [9.17, 15) is 4.79 Å². The molecule has 0 atom stereocenters. The Hall–Kier alpha value is -2.69. The molecule has 5 nitrogen and oxygen atoms in total. The van der Waals surface area contributed by atoms with Gasteiger partial charge in [0.25, 0.3) is 5.91 Å². The van der Waals surface area contributed by atoms with Crippen LogP contribution in [0.5, 0.6) is 0 Å². The Morgan fingerprint density at radius 1 is 1.27 bits per heavy atom. The maximum Gasteiger partial charge on any atom is 0.256 e. The molecule has 1 amide bonds. The van der Waals surface area contributed by atoms with Crippen molar-refractivity contribution in [2.45, 2.75) is 26.8 Å². The number of nitrogens with zero attached hydrogens (tertiary/aromatic N) is 3. The van der Waals surface area contributed by atoms with Crippen LogP contribution < -0.4 is 10.2 Å². The fraction of sp³-hybridized carbons (Fsp3) is 0.235. The van der Waals surface area contributed by atoms with Crippen LogP contribution in [0.4, 0.5) is 11.6 Å².